The Labute approximate surface area is 103 Å². The topological polar surface area (TPSA) is 15.3 Å². The van der Waals surface area contributed by atoms with Crippen molar-refractivity contribution in [2.45, 2.75) is 50.7 Å². The smallest absolute Gasteiger partial charge is 0.0451 e. The molecule has 2 nitrogen and oxygen atoms in total. The highest BCUT2D eigenvalue weighted by molar-refractivity contribution is 5.67. The van der Waals surface area contributed by atoms with Gasteiger partial charge in [-0.3, -0.25) is 0 Å². The molecular formula is C15H20N2. The molecule has 4 rings (SSSR count). The van der Waals surface area contributed by atoms with Crippen molar-refractivity contribution in [2.75, 3.05) is 11.4 Å². The molecule has 90 valence electrons. The third-order valence-corrected chi connectivity index (χ3v) is 4.83. The molecule has 1 N–H and O–H groups in total. The van der Waals surface area contributed by atoms with E-state index in [1.165, 1.54) is 31.4 Å². The summed E-state index contributed by atoms with van der Waals surface area (Å²) in [7, 11) is 0. The van der Waals surface area contributed by atoms with Crippen LogP contribution in [0.5, 0.6) is 0 Å². The van der Waals surface area contributed by atoms with E-state index in [2.05, 4.69) is 35.3 Å². The van der Waals surface area contributed by atoms with Crippen LogP contribution in [0, 0.1) is 0 Å². The summed E-state index contributed by atoms with van der Waals surface area (Å²) in [4.78, 5) is 2.72. The lowest BCUT2D eigenvalue weighted by molar-refractivity contribution is 0.512. The molecule has 2 aliphatic heterocycles. The van der Waals surface area contributed by atoms with Gasteiger partial charge >= 0.3 is 0 Å². The van der Waals surface area contributed by atoms with Crippen molar-refractivity contribution in [3.05, 3.63) is 29.3 Å². The maximum absolute atomic E-state index is 3.63. The number of hydrogen-bond acceptors (Lipinski definition) is 2. The van der Waals surface area contributed by atoms with Crippen LogP contribution in [0.2, 0.25) is 0 Å². The van der Waals surface area contributed by atoms with Gasteiger partial charge in [-0.25, -0.2) is 0 Å². The summed E-state index contributed by atoms with van der Waals surface area (Å²) in [6.45, 7) is 4.54. The van der Waals surface area contributed by atoms with Crippen LogP contribution in [0.1, 0.15) is 43.2 Å². The Morgan fingerprint density at radius 3 is 3.18 bits per heavy atom. The van der Waals surface area contributed by atoms with Crippen LogP contribution in [0.4, 0.5) is 5.69 Å². The maximum atomic E-state index is 3.63. The molecule has 2 heteroatoms. The number of hydrogen-bond donors (Lipinski definition) is 1. The molecular weight excluding hydrogens is 208 g/mol. The molecule has 0 bridgehead atoms. The Bertz CT molecular complexity index is 454. The third kappa shape index (κ3) is 1.30. The zero-order chi connectivity index (χ0) is 11.4. The van der Waals surface area contributed by atoms with Crippen LogP contribution in [-0.4, -0.2) is 18.6 Å². The number of nitrogens with zero attached hydrogens (tertiary/aromatic N) is 1. The minimum atomic E-state index is 0.606. The highest BCUT2D eigenvalue weighted by atomic mass is 15.2. The largest absolute Gasteiger partial charge is 0.366 e. The van der Waals surface area contributed by atoms with Gasteiger partial charge in [0, 0.05) is 36.8 Å². The summed E-state index contributed by atoms with van der Waals surface area (Å²) >= 11 is 0. The van der Waals surface area contributed by atoms with E-state index in [4.69, 9.17) is 0 Å². The molecule has 17 heavy (non-hydrogen) atoms. The highest BCUT2D eigenvalue weighted by Crippen LogP contribution is 2.50. The van der Waals surface area contributed by atoms with Gasteiger partial charge in [-0.05, 0) is 30.9 Å². The number of rotatable bonds is 0. The van der Waals surface area contributed by atoms with Crippen molar-refractivity contribution in [3.63, 3.8) is 0 Å². The van der Waals surface area contributed by atoms with Crippen LogP contribution in [-0.2, 0) is 6.54 Å². The SMILES string of the molecule is CC1CN2c3c(cccc3C3CCCC32)CN1. The summed E-state index contributed by atoms with van der Waals surface area (Å²) in [5, 5.41) is 3.63. The van der Waals surface area contributed by atoms with Crippen LogP contribution in [0.15, 0.2) is 18.2 Å². The van der Waals surface area contributed by atoms with Gasteiger partial charge in [0.05, 0.1) is 0 Å². The number of nitrogens with one attached hydrogen (secondary N) is 1. The number of benzene rings is 1. The minimum Gasteiger partial charge on any atom is -0.366 e. The average molecular weight is 228 g/mol. The molecule has 3 unspecified atom stereocenters. The van der Waals surface area contributed by atoms with E-state index in [1.54, 1.807) is 11.3 Å². The van der Waals surface area contributed by atoms with Gasteiger partial charge in [-0.2, -0.15) is 0 Å². The van der Waals surface area contributed by atoms with Crippen molar-refractivity contribution in [2.24, 2.45) is 0 Å². The van der Waals surface area contributed by atoms with E-state index in [9.17, 15) is 0 Å². The molecule has 3 aliphatic rings. The Kier molecular flexibility index (Phi) is 2.04. The summed E-state index contributed by atoms with van der Waals surface area (Å²) in [6.07, 6.45) is 4.21. The number of anilines is 1. The quantitative estimate of drug-likeness (QED) is 0.734. The molecule has 3 atom stereocenters. The Morgan fingerprint density at radius 2 is 2.24 bits per heavy atom. The van der Waals surface area contributed by atoms with Crippen molar-refractivity contribution in [3.8, 4) is 0 Å². The Balaban J connectivity index is 1.89. The summed E-state index contributed by atoms with van der Waals surface area (Å²) in [6, 6.07) is 8.34. The van der Waals surface area contributed by atoms with Crippen LogP contribution >= 0.6 is 0 Å². The highest BCUT2D eigenvalue weighted by Gasteiger charge is 2.43. The lowest BCUT2D eigenvalue weighted by Crippen LogP contribution is -2.40. The fourth-order valence-electron chi connectivity index (χ4n) is 4.12. The molecule has 1 aliphatic carbocycles. The Hall–Kier alpha value is -1.02. The predicted molar refractivity (Wildman–Crippen MR) is 70.5 cm³/mol. The number of fused-ring (bicyclic) bond motifs is 3. The molecule has 1 fully saturated rings. The first-order chi connectivity index (χ1) is 8.34. The molecule has 0 aromatic heterocycles. The van der Waals surface area contributed by atoms with Gasteiger partial charge in [0.25, 0.3) is 0 Å². The van der Waals surface area contributed by atoms with Crippen molar-refractivity contribution < 1.29 is 0 Å². The summed E-state index contributed by atoms with van der Waals surface area (Å²) in [5.74, 6) is 0.829. The van der Waals surface area contributed by atoms with Crippen molar-refractivity contribution in [1.82, 2.24) is 5.32 Å². The van der Waals surface area contributed by atoms with Gasteiger partial charge < -0.3 is 10.2 Å². The fourth-order valence-corrected chi connectivity index (χ4v) is 4.12. The van der Waals surface area contributed by atoms with Crippen LogP contribution in [0.25, 0.3) is 0 Å². The van der Waals surface area contributed by atoms with Crippen LogP contribution < -0.4 is 10.2 Å². The lowest BCUT2D eigenvalue weighted by atomic mass is 9.96. The zero-order valence-corrected chi connectivity index (χ0v) is 10.4. The summed E-state index contributed by atoms with van der Waals surface area (Å²) in [5.41, 5.74) is 4.74. The maximum Gasteiger partial charge on any atom is 0.0451 e. The first-order valence-electron chi connectivity index (χ1n) is 6.96. The van der Waals surface area contributed by atoms with E-state index >= 15 is 0 Å². The van der Waals surface area contributed by atoms with Crippen molar-refractivity contribution in [1.29, 1.82) is 0 Å². The van der Waals surface area contributed by atoms with E-state index in [0.717, 1.165) is 18.5 Å². The molecule has 0 spiro atoms. The second-order valence-corrected chi connectivity index (χ2v) is 5.89. The zero-order valence-electron chi connectivity index (χ0n) is 10.4. The minimum absolute atomic E-state index is 0.606. The van der Waals surface area contributed by atoms with E-state index in [0.29, 0.717) is 6.04 Å². The van der Waals surface area contributed by atoms with E-state index < -0.39 is 0 Å². The summed E-state index contributed by atoms with van der Waals surface area (Å²) < 4.78 is 0. The fraction of sp³-hybridized carbons (Fsp3) is 0.600. The predicted octanol–water partition coefficient (Wildman–Crippen LogP) is 2.63. The van der Waals surface area contributed by atoms with E-state index in [1.807, 2.05) is 0 Å². The molecule has 1 aromatic rings. The molecule has 2 heterocycles. The van der Waals surface area contributed by atoms with Gasteiger partial charge in [0.2, 0.25) is 0 Å². The average Bonchev–Trinajstić information content (AvgIpc) is 2.85. The molecule has 1 aromatic carbocycles. The van der Waals surface area contributed by atoms with E-state index in [-0.39, 0.29) is 0 Å². The van der Waals surface area contributed by atoms with Gasteiger partial charge in [0.15, 0.2) is 0 Å². The van der Waals surface area contributed by atoms with Gasteiger partial charge in [-0.1, -0.05) is 24.6 Å². The van der Waals surface area contributed by atoms with Crippen molar-refractivity contribution >= 4 is 5.69 Å². The van der Waals surface area contributed by atoms with Gasteiger partial charge in [0.1, 0.15) is 0 Å². The van der Waals surface area contributed by atoms with Gasteiger partial charge in [-0.15, -0.1) is 0 Å². The first-order valence-corrected chi connectivity index (χ1v) is 6.96. The molecule has 0 saturated heterocycles. The van der Waals surface area contributed by atoms with Crippen LogP contribution in [0.3, 0.4) is 0 Å². The normalized spacial score (nSPS) is 34.4. The molecule has 0 radical (unpaired) electrons. The number of para-hydroxylation sites is 1. The molecule has 0 amide bonds. The molecule has 1 saturated carbocycles. The first kappa shape index (κ1) is 9.95. The lowest BCUT2D eigenvalue weighted by Gasteiger charge is -2.28. The Morgan fingerprint density at radius 1 is 1.29 bits per heavy atom. The second-order valence-electron chi connectivity index (χ2n) is 5.89. The standard InChI is InChI=1S/C15H20N2/c1-10-9-17-14-7-3-5-12(14)13-6-2-4-11(8-16-10)15(13)17/h2,4,6,10,12,14,16H,3,5,7-9H2,1H3. The second kappa shape index (κ2) is 3.49. The monoisotopic (exact) mass is 228 g/mol. The third-order valence-electron chi connectivity index (χ3n) is 4.83.